The van der Waals surface area contributed by atoms with Gasteiger partial charge in [-0.1, -0.05) is 23.7 Å². The Bertz CT molecular complexity index is 557. The molecule has 2 rings (SSSR count). The molecule has 0 aliphatic heterocycles. The van der Waals surface area contributed by atoms with Crippen LogP contribution in [0.25, 0.3) is 0 Å². The molecule has 5 heteroatoms. The second-order valence-corrected chi connectivity index (χ2v) is 5.78. The lowest BCUT2D eigenvalue weighted by molar-refractivity contribution is -0.122. The molecule has 1 atom stereocenters. The molecule has 0 radical (unpaired) electrons. The summed E-state index contributed by atoms with van der Waals surface area (Å²) in [5, 5.41) is 5.57. The van der Waals surface area contributed by atoms with Gasteiger partial charge in [-0.2, -0.15) is 0 Å². The van der Waals surface area contributed by atoms with E-state index >= 15 is 0 Å². The third kappa shape index (κ3) is 4.54. The smallest absolute Gasteiger partial charge is 0.223 e. The molecule has 1 heterocycles. The lowest BCUT2D eigenvalue weighted by atomic mass is 10.2. The molecule has 0 aliphatic rings. The van der Waals surface area contributed by atoms with Gasteiger partial charge in [0.2, 0.25) is 5.91 Å². The zero-order valence-electron chi connectivity index (χ0n) is 11.1. The first-order valence-corrected chi connectivity index (χ1v) is 7.62. The molecule has 0 bridgehead atoms. The number of benzene rings is 1. The molecule has 1 aromatic carbocycles. The molecule has 0 spiro atoms. The van der Waals surface area contributed by atoms with E-state index in [2.05, 4.69) is 5.32 Å². The van der Waals surface area contributed by atoms with Crippen LogP contribution in [0.15, 0.2) is 41.8 Å². The van der Waals surface area contributed by atoms with Crippen molar-refractivity contribution < 1.29 is 9.53 Å². The predicted molar refractivity (Wildman–Crippen MR) is 82.4 cm³/mol. The number of ether oxygens (including phenoxy) is 1. The van der Waals surface area contributed by atoms with Crippen molar-refractivity contribution in [1.82, 2.24) is 5.32 Å². The van der Waals surface area contributed by atoms with Crippen LogP contribution in [0.5, 0.6) is 5.75 Å². The van der Waals surface area contributed by atoms with Crippen LogP contribution in [-0.4, -0.2) is 12.5 Å². The summed E-state index contributed by atoms with van der Waals surface area (Å²) in [6, 6.07) is 11.2. The molecule has 0 unspecified atom stereocenters. The number of amides is 1. The number of carbonyl (C=O) groups is 1. The van der Waals surface area contributed by atoms with Crippen LogP contribution in [0.1, 0.15) is 24.3 Å². The van der Waals surface area contributed by atoms with Gasteiger partial charge in [0, 0.05) is 9.90 Å². The Balaban J connectivity index is 1.73. The third-order valence-electron chi connectivity index (χ3n) is 2.74. The molecular weight excluding hydrogens is 294 g/mol. The first kappa shape index (κ1) is 14.9. The van der Waals surface area contributed by atoms with Crippen LogP contribution in [0.3, 0.4) is 0 Å². The van der Waals surface area contributed by atoms with E-state index < -0.39 is 0 Å². The van der Waals surface area contributed by atoms with E-state index in [-0.39, 0.29) is 11.9 Å². The summed E-state index contributed by atoms with van der Waals surface area (Å²) in [4.78, 5) is 12.9. The second-order valence-electron chi connectivity index (χ2n) is 4.36. The fourth-order valence-corrected chi connectivity index (χ4v) is 2.66. The minimum absolute atomic E-state index is 0.0204. The lowest BCUT2D eigenvalue weighted by Crippen LogP contribution is -2.27. The van der Waals surface area contributed by atoms with Gasteiger partial charge in [-0.05, 0) is 36.6 Å². The monoisotopic (exact) mass is 309 g/mol. The van der Waals surface area contributed by atoms with Crippen molar-refractivity contribution in [3.8, 4) is 5.75 Å². The van der Waals surface area contributed by atoms with Gasteiger partial charge in [0.25, 0.3) is 0 Å². The Morgan fingerprint density at radius 2 is 2.25 bits per heavy atom. The van der Waals surface area contributed by atoms with Gasteiger partial charge in [0.15, 0.2) is 0 Å². The van der Waals surface area contributed by atoms with Gasteiger partial charge in [0.1, 0.15) is 5.75 Å². The first-order chi connectivity index (χ1) is 9.65. The number of thiophene rings is 1. The fraction of sp³-hybridized carbons (Fsp3) is 0.267. The molecule has 1 aromatic heterocycles. The summed E-state index contributed by atoms with van der Waals surface area (Å²) in [5.41, 5.74) is 0. The molecular formula is C15H16ClNO2S. The lowest BCUT2D eigenvalue weighted by Gasteiger charge is -2.12. The second kappa shape index (κ2) is 7.31. The third-order valence-corrected chi connectivity index (χ3v) is 4.03. The van der Waals surface area contributed by atoms with Gasteiger partial charge in [0.05, 0.1) is 19.1 Å². The number of nitrogens with one attached hydrogen (secondary N) is 1. The Morgan fingerprint density at radius 1 is 1.40 bits per heavy atom. The summed E-state index contributed by atoms with van der Waals surface area (Å²) in [6.07, 6.45) is 0.322. The normalized spacial score (nSPS) is 11.9. The zero-order valence-corrected chi connectivity index (χ0v) is 12.7. The topological polar surface area (TPSA) is 38.3 Å². The maximum absolute atomic E-state index is 11.8. The summed E-state index contributed by atoms with van der Waals surface area (Å²) in [7, 11) is 0. The van der Waals surface area contributed by atoms with Crippen molar-refractivity contribution in [3.05, 3.63) is 51.7 Å². The van der Waals surface area contributed by atoms with E-state index in [9.17, 15) is 4.79 Å². The summed E-state index contributed by atoms with van der Waals surface area (Å²) < 4.78 is 5.49. The van der Waals surface area contributed by atoms with Crippen LogP contribution in [0.4, 0.5) is 0 Å². The quantitative estimate of drug-likeness (QED) is 0.874. The maximum Gasteiger partial charge on any atom is 0.223 e. The van der Waals surface area contributed by atoms with Gasteiger partial charge in [-0.3, -0.25) is 4.79 Å². The molecule has 0 saturated heterocycles. The molecule has 0 saturated carbocycles. The maximum atomic E-state index is 11.8. The van der Waals surface area contributed by atoms with Gasteiger partial charge >= 0.3 is 0 Å². The summed E-state index contributed by atoms with van der Waals surface area (Å²) in [6.45, 7) is 2.31. The SMILES string of the molecule is C[C@@H](NC(=O)CCOc1cccc(Cl)c1)c1cccs1. The van der Waals surface area contributed by atoms with Crippen LogP contribution in [0.2, 0.25) is 5.02 Å². The van der Waals surface area contributed by atoms with Gasteiger partial charge < -0.3 is 10.1 Å². The van der Waals surface area contributed by atoms with Crippen molar-refractivity contribution in [1.29, 1.82) is 0 Å². The highest BCUT2D eigenvalue weighted by Gasteiger charge is 2.10. The Hall–Kier alpha value is -1.52. The molecule has 20 heavy (non-hydrogen) atoms. The molecule has 2 aromatic rings. The van der Waals surface area contributed by atoms with Crippen molar-refractivity contribution in [2.75, 3.05) is 6.61 Å². The van der Waals surface area contributed by atoms with Crippen molar-refractivity contribution >= 4 is 28.8 Å². The molecule has 1 amide bonds. The van der Waals surface area contributed by atoms with Crippen molar-refractivity contribution in [2.45, 2.75) is 19.4 Å². The average Bonchev–Trinajstić information content (AvgIpc) is 2.92. The molecule has 1 N–H and O–H groups in total. The zero-order chi connectivity index (χ0) is 14.4. The number of carbonyl (C=O) groups excluding carboxylic acids is 1. The molecule has 0 fully saturated rings. The Morgan fingerprint density at radius 3 is 2.95 bits per heavy atom. The summed E-state index contributed by atoms with van der Waals surface area (Å²) in [5.74, 6) is 0.657. The summed E-state index contributed by atoms with van der Waals surface area (Å²) >= 11 is 7.49. The Kier molecular flexibility index (Phi) is 5.44. The number of hydrogen-bond donors (Lipinski definition) is 1. The average molecular weight is 310 g/mol. The molecule has 0 aliphatic carbocycles. The standard InChI is InChI=1S/C15H16ClNO2S/c1-11(14-6-3-9-20-14)17-15(18)7-8-19-13-5-2-4-12(16)10-13/h2-6,9-11H,7-8H2,1H3,(H,17,18)/t11-/m1/s1. The van der Waals surface area contributed by atoms with E-state index in [4.69, 9.17) is 16.3 Å². The first-order valence-electron chi connectivity index (χ1n) is 6.36. The van der Waals surface area contributed by atoms with E-state index in [1.165, 1.54) is 0 Å². The van der Waals surface area contributed by atoms with Crippen LogP contribution in [0, 0.1) is 0 Å². The van der Waals surface area contributed by atoms with E-state index in [1.807, 2.05) is 36.6 Å². The number of hydrogen-bond acceptors (Lipinski definition) is 3. The highest BCUT2D eigenvalue weighted by molar-refractivity contribution is 7.10. The highest BCUT2D eigenvalue weighted by Crippen LogP contribution is 2.19. The molecule has 3 nitrogen and oxygen atoms in total. The van der Waals surface area contributed by atoms with Crippen LogP contribution >= 0.6 is 22.9 Å². The van der Waals surface area contributed by atoms with E-state index in [0.29, 0.717) is 23.8 Å². The number of halogens is 1. The molecule has 106 valence electrons. The largest absolute Gasteiger partial charge is 0.493 e. The fourth-order valence-electron chi connectivity index (χ4n) is 1.74. The van der Waals surface area contributed by atoms with Crippen LogP contribution in [-0.2, 0) is 4.79 Å². The minimum Gasteiger partial charge on any atom is -0.493 e. The minimum atomic E-state index is -0.0204. The van der Waals surface area contributed by atoms with E-state index in [0.717, 1.165) is 4.88 Å². The number of rotatable bonds is 6. The van der Waals surface area contributed by atoms with E-state index in [1.54, 1.807) is 23.5 Å². The predicted octanol–water partition coefficient (Wildman–Crippen LogP) is 4.05. The highest BCUT2D eigenvalue weighted by atomic mass is 35.5. The van der Waals surface area contributed by atoms with Gasteiger partial charge in [-0.15, -0.1) is 11.3 Å². The van der Waals surface area contributed by atoms with Gasteiger partial charge in [-0.25, -0.2) is 0 Å². The van der Waals surface area contributed by atoms with Crippen LogP contribution < -0.4 is 10.1 Å². The Labute approximate surface area is 127 Å². The van der Waals surface area contributed by atoms with Crippen molar-refractivity contribution in [2.24, 2.45) is 0 Å². The van der Waals surface area contributed by atoms with Crippen molar-refractivity contribution in [3.63, 3.8) is 0 Å².